The Morgan fingerprint density at radius 3 is 2.03 bits per heavy atom. The Bertz CT molecular complexity index is 1040. The summed E-state index contributed by atoms with van der Waals surface area (Å²) in [4.78, 5) is 35.7. The van der Waals surface area contributed by atoms with Crippen LogP contribution in [-0.2, 0) is 17.9 Å². The normalized spacial score (nSPS) is 10.5. The molecule has 3 aromatic rings. The molecule has 0 saturated heterocycles. The minimum absolute atomic E-state index is 0.0896. The maximum absolute atomic E-state index is 12.5. The number of carboxylic acid groups (broad SMARTS) is 1. The predicted molar refractivity (Wildman–Crippen MR) is 105 cm³/mol. The van der Waals surface area contributed by atoms with Gasteiger partial charge in [0.1, 0.15) is 11.4 Å². The first-order chi connectivity index (χ1) is 14.0. The van der Waals surface area contributed by atoms with Crippen molar-refractivity contribution in [1.82, 2.24) is 19.6 Å². The first kappa shape index (κ1) is 19.8. The topological polar surface area (TPSA) is 131 Å². The maximum Gasteiger partial charge on any atom is 0.305 e. The van der Waals surface area contributed by atoms with Crippen molar-refractivity contribution in [3.05, 3.63) is 60.2 Å². The van der Waals surface area contributed by atoms with E-state index in [1.807, 2.05) is 6.92 Å². The van der Waals surface area contributed by atoms with Crippen LogP contribution >= 0.6 is 0 Å². The second-order valence-electron chi connectivity index (χ2n) is 6.10. The van der Waals surface area contributed by atoms with Gasteiger partial charge >= 0.3 is 5.97 Å². The molecule has 29 heavy (non-hydrogen) atoms. The Morgan fingerprint density at radius 1 is 0.931 bits per heavy atom. The summed E-state index contributed by atoms with van der Waals surface area (Å²) in [5.74, 6) is -1.71. The van der Waals surface area contributed by atoms with Crippen LogP contribution in [0, 0.1) is 0 Å². The molecule has 0 aliphatic carbocycles. The average Bonchev–Trinajstić information content (AvgIpc) is 3.35. The maximum atomic E-state index is 12.5. The van der Waals surface area contributed by atoms with E-state index in [9.17, 15) is 14.4 Å². The van der Waals surface area contributed by atoms with E-state index < -0.39 is 11.9 Å². The number of carbonyl (C=O) groups excluding carboxylic acids is 2. The van der Waals surface area contributed by atoms with Crippen molar-refractivity contribution >= 4 is 29.2 Å². The molecule has 0 aliphatic rings. The number of aryl methyl sites for hydroxylation is 2. The van der Waals surface area contributed by atoms with E-state index >= 15 is 0 Å². The van der Waals surface area contributed by atoms with Crippen LogP contribution in [0.1, 0.15) is 34.3 Å². The number of nitrogens with zero attached hydrogens (tertiary/aromatic N) is 4. The van der Waals surface area contributed by atoms with E-state index in [0.717, 1.165) is 0 Å². The van der Waals surface area contributed by atoms with Crippen molar-refractivity contribution < 1.29 is 19.5 Å². The number of anilines is 2. The van der Waals surface area contributed by atoms with Crippen molar-refractivity contribution in [2.75, 3.05) is 10.6 Å². The fourth-order valence-electron chi connectivity index (χ4n) is 2.75. The van der Waals surface area contributed by atoms with E-state index in [4.69, 9.17) is 5.11 Å². The predicted octanol–water partition coefficient (Wildman–Crippen LogP) is 2.08. The van der Waals surface area contributed by atoms with Crippen LogP contribution in [0.15, 0.2) is 48.8 Å². The van der Waals surface area contributed by atoms with Crippen molar-refractivity contribution in [3.63, 3.8) is 0 Å². The van der Waals surface area contributed by atoms with Crippen molar-refractivity contribution in [2.24, 2.45) is 0 Å². The van der Waals surface area contributed by atoms with Gasteiger partial charge in [-0.3, -0.25) is 23.7 Å². The lowest BCUT2D eigenvalue weighted by molar-refractivity contribution is -0.137. The Balaban J connectivity index is 1.69. The molecule has 0 saturated carbocycles. The Kier molecular flexibility index (Phi) is 6.03. The second kappa shape index (κ2) is 8.83. The minimum atomic E-state index is -0.972. The molecule has 3 N–H and O–H groups in total. The van der Waals surface area contributed by atoms with E-state index in [0.29, 0.717) is 23.6 Å². The summed E-state index contributed by atoms with van der Waals surface area (Å²) >= 11 is 0. The summed E-state index contributed by atoms with van der Waals surface area (Å²) in [7, 11) is 0. The number of hydrogen-bond donors (Lipinski definition) is 3. The van der Waals surface area contributed by atoms with Crippen LogP contribution in [0.25, 0.3) is 0 Å². The van der Waals surface area contributed by atoms with Crippen LogP contribution in [0.5, 0.6) is 0 Å². The van der Waals surface area contributed by atoms with Gasteiger partial charge in [-0.1, -0.05) is 6.07 Å². The molecule has 2 heterocycles. The monoisotopic (exact) mass is 396 g/mol. The zero-order valence-electron chi connectivity index (χ0n) is 15.7. The van der Waals surface area contributed by atoms with Gasteiger partial charge in [-0.25, -0.2) is 0 Å². The highest BCUT2D eigenvalue weighted by Gasteiger charge is 2.15. The van der Waals surface area contributed by atoms with Crippen LogP contribution in [0.3, 0.4) is 0 Å². The number of benzene rings is 1. The highest BCUT2D eigenvalue weighted by atomic mass is 16.4. The van der Waals surface area contributed by atoms with Gasteiger partial charge in [-0.05, 0) is 37.3 Å². The number of nitrogens with one attached hydrogen (secondary N) is 2. The SMILES string of the molecule is CCn1nccc1C(=O)Nc1cccc(NC(=O)c2ccnn2CCC(=O)O)c1. The van der Waals surface area contributed by atoms with Crippen LogP contribution in [0.2, 0.25) is 0 Å². The van der Waals surface area contributed by atoms with Crippen LogP contribution < -0.4 is 10.6 Å². The lowest BCUT2D eigenvalue weighted by Gasteiger charge is -2.10. The number of amides is 2. The van der Waals surface area contributed by atoms with Gasteiger partial charge in [0, 0.05) is 30.3 Å². The Labute approximate surface area is 166 Å². The molecule has 3 rings (SSSR count). The smallest absolute Gasteiger partial charge is 0.305 e. The fraction of sp³-hybridized carbons (Fsp3) is 0.211. The number of carbonyl (C=O) groups is 3. The molecule has 0 fully saturated rings. The van der Waals surface area contributed by atoms with Crippen LogP contribution in [-0.4, -0.2) is 42.5 Å². The van der Waals surface area contributed by atoms with Gasteiger partial charge < -0.3 is 15.7 Å². The van der Waals surface area contributed by atoms with Crippen LogP contribution in [0.4, 0.5) is 11.4 Å². The molecule has 1 aromatic carbocycles. The molecule has 0 bridgehead atoms. The summed E-state index contributed by atoms with van der Waals surface area (Å²) < 4.78 is 2.92. The lowest BCUT2D eigenvalue weighted by Crippen LogP contribution is -2.19. The molecule has 150 valence electrons. The van der Waals surface area contributed by atoms with Crippen molar-refractivity contribution in [2.45, 2.75) is 26.4 Å². The fourth-order valence-corrected chi connectivity index (χ4v) is 2.75. The van der Waals surface area contributed by atoms with E-state index in [1.54, 1.807) is 41.2 Å². The van der Waals surface area contributed by atoms with Gasteiger partial charge in [-0.15, -0.1) is 0 Å². The summed E-state index contributed by atoms with van der Waals surface area (Å²) in [6.45, 7) is 2.55. The van der Waals surface area contributed by atoms with E-state index in [-0.39, 0.29) is 24.6 Å². The Morgan fingerprint density at radius 2 is 1.48 bits per heavy atom. The second-order valence-corrected chi connectivity index (χ2v) is 6.10. The molecule has 2 amide bonds. The van der Waals surface area contributed by atoms with E-state index in [1.165, 1.54) is 16.9 Å². The highest BCUT2D eigenvalue weighted by molar-refractivity contribution is 6.05. The van der Waals surface area contributed by atoms with Gasteiger partial charge in [0.15, 0.2) is 0 Å². The third-order valence-electron chi connectivity index (χ3n) is 4.11. The first-order valence-electron chi connectivity index (χ1n) is 8.96. The molecule has 10 nitrogen and oxygen atoms in total. The summed E-state index contributed by atoms with van der Waals surface area (Å²) in [5, 5.41) is 22.4. The lowest BCUT2D eigenvalue weighted by atomic mass is 10.2. The van der Waals surface area contributed by atoms with E-state index in [2.05, 4.69) is 20.8 Å². The third kappa shape index (κ3) is 4.86. The Hall–Kier alpha value is -3.95. The minimum Gasteiger partial charge on any atom is -0.481 e. The van der Waals surface area contributed by atoms with Gasteiger partial charge in [0.2, 0.25) is 0 Å². The molecule has 10 heteroatoms. The van der Waals surface area contributed by atoms with Gasteiger partial charge in [0.05, 0.1) is 13.0 Å². The zero-order chi connectivity index (χ0) is 20.8. The van der Waals surface area contributed by atoms with Gasteiger partial charge in [0.25, 0.3) is 11.8 Å². The largest absolute Gasteiger partial charge is 0.481 e. The van der Waals surface area contributed by atoms with Gasteiger partial charge in [-0.2, -0.15) is 10.2 Å². The average molecular weight is 396 g/mol. The molecule has 0 atom stereocenters. The number of carboxylic acids is 1. The summed E-state index contributed by atoms with van der Waals surface area (Å²) in [6.07, 6.45) is 2.85. The highest BCUT2D eigenvalue weighted by Crippen LogP contribution is 2.17. The van der Waals surface area contributed by atoms with Crippen molar-refractivity contribution in [1.29, 1.82) is 0 Å². The van der Waals surface area contributed by atoms with Crippen molar-refractivity contribution in [3.8, 4) is 0 Å². The third-order valence-corrected chi connectivity index (χ3v) is 4.11. The first-order valence-corrected chi connectivity index (χ1v) is 8.96. The molecule has 0 unspecified atom stereocenters. The number of hydrogen-bond acceptors (Lipinski definition) is 5. The number of aromatic nitrogens is 4. The zero-order valence-corrected chi connectivity index (χ0v) is 15.7. The number of rotatable bonds is 8. The molecule has 0 radical (unpaired) electrons. The molecule has 0 spiro atoms. The standard InChI is InChI=1S/C19H20N6O4/c1-2-24-15(6-9-20-24)18(28)22-13-4-3-5-14(12-13)23-19(29)16-7-10-21-25(16)11-8-17(26)27/h3-7,9-10,12H,2,8,11H2,1H3,(H,22,28)(H,23,29)(H,26,27). The molecular formula is C19H20N6O4. The molecular weight excluding hydrogens is 376 g/mol. The molecule has 2 aromatic heterocycles. The molecule has 0 aliphatic heterocycles. The summed E-state index contributed by atoms with van der Waals surface area (Å²) in [5.41, 5.74) is 1.66. The quantitative estimate of drug-likeness (QED) is 0.534. The summed E-state index contributed by atoms with van der Waals surface area (Å²) in [6, 6.07) is 9.85. The number of aliphatic carboxylic acids is 1.